The number of pyridine rings is 1. The third kappa shape index (κ3) is 4.78. The summed E-state index contributed by atoms with van der Waals surface area (Å²) >= 11 is 0. The summed E-state index contributed by atoms with van der Waals surface area (Å²) in [7, 11) is 0. The molecule has 0 saturated heterocycles. The first-order valence-corrected chi connectivity index (χ1v) is 9.46. The number of anilines is 1. The van der Waals surface area contributed by atoms with Gasteiger partial charge in [0.1, 0.15) is 6.10 Å². The molecule has 1 aliphatic rings. The number of aromatic nitrogens is 3. The van der Waals surface area contributed by atoms with Crippen molar-refractivity contribution in [1.29, 1.82) is 0 Å². The van der Waals surface area contributed by atoms with Gasteiger partial charge in [-0.3, -0.25) is 20.6 Å². The zero-order valence-corrected chi connectivity index (χ0v) is 16.5. The van der Waals surface area contributed by atoms with E-state index in [1.165, 1.54) is 24.7 Å². The van der Waals surface area contributed by atoms with Crippen LogP contribution in [0.1, 0.15) is 33.1 Å². The van der Waals surface area contributed by atoms with E-state index >= 15 is 0 Å². The molecule has 11 heteroatoms. The van der Waals surface area contributed by atoms with Crippen LogP contribution in [0.15, 0.2) is 30.7 Å². The SMILES string of the molecule is CCO[C@@H](C)C(=O)NNc1cnc(-c2ccc(OC3(C(F)(F)F)CCC3)nc2)cn1. The lowest BCUT2D eigenvalue weighted by Gasteiger charge is -2.42. The van der Waals surface area contributed by atoms with Crippen LogP contribution in [0.5, 0.6) is 5.88 Å². The molecule has 1 amide bonds. The molecule has 2 aromatic rings. The predicted octanol–water partition coefficient (Wildman–Crippen LogP) is 3.27. The Morgan fingerprint density at radius 1 is 1.20 bits per heavy atom. The van der Waals surface area contributed by atoms with Gasteiger partial charge >= 0.3 is 6.18 Å². The molecule has 2 N–H and O–H groups in total. The molecule has 0 bridgehead atoms. The summed E-state index contributed by atoms with van der Waals surface area (Å²) in [6, 6.07) is 2.94. The quantitative estimate of drug-likeness (QED) is 0.627. The van der Waals surface area contributed by atoms with Gasteiger partial charge in [-0.2, -0.15) is 13.2 Å². The van der Waals surface area contributed by atoms with Gasteiger partial charge < -0.3 is 9.47 Å². The molecule has 8 nitrogen and oxygen atoms in total. The van der Waals surface area contributed by atoms with E-state index in [0.717, 1.165) is 0 Å². The number of hydrogen-bond acceptors (Lipinski definition) is 7. The summed E-state index contributed by atoms with van der Waals surface area (Å²) in [4.78, 5) is 24.1. The third-order valence-corrected chi connectivity index (χ3v) is 4.76. The van der Waals surface area contributed by atoms with Crippen molar-refractivity contribution in [2.24, 2.45) is 0 Å². The molecule has 0 spiro atoms. The first-order valence-electron chi connectivity index (χ1n) is 9.46. The van der Waals surface area contributed by atoms with Gasteiger partial charge in [-0.15, -0.1) is 0 Å². The number of amides is 1. The van der Waals surface area contributed by atoms with Gasteiger partial charge in [0.2, 0.25) is 11.5 Å². The van der Waals surface area contributed by atoms with E-state index in [0.29, 0.717) is 30.1 Å². The van der Waals surface area contributed by atoms with E-state index in [1.54, 1.807) is 19.9 Å². The Morgan fingerprint density at radius 3 is 2.47 bits per heavy atom. The number of nitrogens with zero attached hydrogens (tertiary/aromatic N) is 3. The summed E-state index contributed by atoms with van der Waals surface area (Å²) in [5, 5.41) is 0. The lowest BCUT2D eigenvalue weighted by molar-refractivity contribution is -0.275. The number of carbonyl (C=O) groups is 1. The number of alkyl halides is 3. The number of hydrogen-bond donors (Lipinski definition) is 2. The molecule has 1 atom stereocenters. The monoisotopic (exact) mass is 425 g/mol. The standard InChI is InChI=1S/C19H22F3N5O3/c1-3-29-12(2)17(28)27-26-15-11-23-14(10-24-15)13-5-6-16(25-9-13)30-18(7-4-8-18)19(20,21)22/h5-6,9-12H,3-4,7-8H2,1-2H3,(H,24,26)(H,27,28)/t12-/m0/s1. The maximum absolute atomic E-state index is 13.2. The Hall–Kier alpha value is -2.95. The highest BCUT2D eigenvalue weighted by molar-refractivity contribution is 5.81. The van der Waals surface area contributed by atoms with Gasteiger partial charge in [-0.25, -0.2) is 9.97 Å². The molecule has 1 saturated carbocycles. The number of carbonyl (C=O) groups excluding carboxylic acids is 1. The maximum Gasteiger partial charge on any atom is 0.428 e. The molecule has 0 aromatic carbocycles. The molecule has 1 aliphatic carbocycles. The van der Waals surface area contributed by atoms with Crippen molar-refractivity contribution in [2.45, 2.75) is 51.0 Å². The number of hydrazine groups is 1. The van der Waals surface area contributed by atoms with Gasteiger partial charge in [-0.1, -0.05) is 0 Å². The molecule has 30 heavy (non-hydrogen) atoms. The van der Waals surface area contributed by atoms with Crippen LogP contribution in [0.25, 0.3) is 11.3 Å². The van der Waals surface area contributed by atoms with E-state index in [2.05, 4.69) is 25.8 Å². The molecule has 0 radical (unpaired) electrons. The van der Waals surface area contributed by atoms with Gasteiger partial charge in [0, 0.05) is 24.4 Å². The number of nitrogens with one attached hydrogen (secondary N) is 2. The van der Waals surface area contributed by atoms with Crippen molar-refractivity contribution in [2.75, 3.05) is 12.0 Å². The maximum atomic E-state index is 13.2. The fourth-order valence-electron chi connectivity index (χ4n) is 2.83. The molecule has 0 unspecified atom stereocenters. The van der Waals surface area contributed by atoms with Crippen LogP contribution in [0.2, 0.25) is 0 Å². The fraction of sp³-hybridized carbons (Fsp3) is 0.474. The minimum Gasteiger partial charge on any atom is -0.461 e. The van der Waals surface area contributed by atoms with Crippen LogP contribution in [0, 0.1) is 0 Å². The van der Waals surface area contributed by atoms with Crippen LogP contribution < -0.4 is 15.6 Å². The molecule has 0 aliphatic heterocycles. The summed E-state index contributed by atoms with van der Waals surface area (Å²) in [5.74, 6) is -0.139. The lowest BCUT2D eigenvalue weighted by atomic mass is 9.79. The Kier molecular flexibility index (Phi) is 6.40. The van der Waals surface area contributed by atoms with Gasteiger partial charge in [0.15, 0.2) is 5.82 Å². The molecule has 162 valence electrons. The smallest absolute Gasteiger partial charge is 0.428 e. The first kappa shape index (κ1) is 21.8. The van der Waals surface area contributed by atoms with Crippen molar-refractivity contribution >= 4 is 11.7 Å². The zero-order valence-electron chi connectivity index (χ0n) is 16.5. The van der Waals surface area contributed by atoms with Crippen LogP contribution in [-0.4, -0.2) is 45.3 Å². The highest BCUT2D eigenvalue weighted by Crippen LogP contribution is 2.47. The fourth-order valence-corrected chi connectivity index (χ4v) is 2.83. The first-order chi connectivity index (χ1) is 14.2. The summed E-state index contributed by atoms with van der Waals surface area (Å²) in [5.41, 5.74) is 3.97. The molecule has 3 rings (SSSR count). The van der Waals surface area contributed by atoms with E-state index in [4.69, 9.17) is 9.47 Å². The second-order valence-corrected chi connectivity index (χ2v) is 6.83. The van der Waals surface area contributed by atoms with Crippen molar-refractivity contribution in [1.82, 2.24) is 20.4 Å². The van der Waals surface area contributed by atoms with Crippen LogP contribution in [-0.2, 0) is 9.53 Å². The van der Waals surface area contributed by atoms with Crippen LogP contribution in [0.3, 0.4) is 0 Å². The van der Waals surface area contributed by atoms with Crippen molar-refractivity contribution in [3.63, 3.8) is 0 Å². The van der Waals surface area contributed by atoms with Gasteiger partial charge in [0.05, 0.1) is 18.1 Å². The molecule has 2 heterocycles. The summed E-state index contributed by atoms with van der Waals surface area (Å²) < 4.78 is 50.0. The largest absolute Gasteiger partial charge is 0.461 e. The minimum absolute atomic E-state index is 0.0697. The Balaban J connectivity index is 1.60. The second kappa shape index (κ2) is 8.82. The van der Waals surface area contributed by atoms with E-state index in [9.17, 15) is 18.0 Å². The number of halogens is 3. The Morgan fingerprint density at radius 2 is 1.97 bits per heavy atom. The number of ether oxygens (including phenoxy) is 2. The van der Waals surface area contributed by atoms with E-state index in [1.807, 2.05) is 0 Å². The van der Waals surface area contributed by atoms with Gasteiger partial charge in [-0.05, 0) is 39.2 Å². The normalized spacial score (nSPS) is 16.3. The zero-order chi connectivity index (χ0) is 21.8. The molecular formula is C19H22F3N5O3. The predicted molar refractivity (Wildman–Crippen MR) is 101 cm³/mol. The Bertz CT molecular complexity index is 855. The van der Waals surface area contributed by atoms with E-state index in [-0.39, 0.29) is 24.6 Å². The molecule has 1 fully saturated rings. The van der Waals surface area contributed by atoms with E-state index < -0.39 is 17.9 Å². The van der Waals surface area contributed by atoms with Crippen molar-refractivity contribution in [3.05, 3.63) is 30.7 Å². The average molecular weight is 425 g/mol. The molecule has 2 aromatic heterocycles. The Labute approximate surface area is 171 Å². The second-order valence-electron chi connectivity index (χ2n) is 6.83. The third-order valence-electron chi connectivity index (χ3n) is 4.76. The number of rotatable bonds is 8. The van der Waals surface area contributed by atoms with Crippen LogP contribution in [0.4, 0.5) is 19.0 Å². The highest BCUT2D eigenvalue weighted by atomic mass is 19.4. The van der Waals surface area contributed by atoms with Gasteiger partial charge in [0.25, 0.3) is 5.91 Å². The summed E-state index contributed by atoms with van der Waals surface area (Å²) in [6.45, 7) is 3.83. The van der Waals surface area contributed by atoms with Crippen LogP contribution >= 0.6 is 0 Å². The van der Waals surface area contributed by atoms with Crippen molar-refractivity contribution in [3.8, 4) is 17.1 Å². The lowest BCUT2D eigenvalue weighted by Crippen LogP contribution is -2.55. The average Bonchev–Trinajstić information content (AvgIpc) is 2.69. The highest BCUT2D eigenvalue weighted by Gasteiger charge is 2.61. The minimum atomic E-state index is -4.43. The topological polar surface area (TPSA) is 98.3 Å². The molecular weight excluding hydrogens is 403 g/mol. The summed E-state index contributed by atoms with van der Waals surface area (Å²) in [6.07, 6.45) is -0.494. The van der Waals surface area contributed by atoms with Crippen molar-refractivity contribution < 1.29 is 27.4 Å².